The van der Waals surface area contributed by atoms with Crippen molar-refractivity contribution in [1.29, 1.82) is 5.26 Å². The Balaban J connectivity index is 1.99. The summed E-state index contributed by atoms with van der Waals surface area (Å²) in [4.78, 5) is 0. The molecular formula is C16H19NO2. The van der Waals surface area contributed by atoms with Gasteiger partial charge in [-0.15, -0.1) is 0 Å². The predicted molar refractivity (Wildman–Crippen MR) is 71.4 cm³/mol. The number of rotatable bonds is 3. The number of nitriles is 1. The van der Waals surface area contributed by atoms with E-state index in [0.29, 0.717) is 17.6 Å². The van der Waals surface area contributed by atoms with Crippen molar-refractivity contribution in [3.63, 3.8) is 0 Å². The SMILES string of the molecule is COc1ccccc1C(O)C1(C#N)CC2CCC1C2. The lowest BCUT2D eigenvalue weighted by atomic mass is 9.68. The second kappa shape index (κ2) is 4.54. The van der Waals surface area contributed by atoms with Crippen LogP contribution in [0.5, 0.6) is 5.75 Å². The summed E-state index contributed by atoms with van der Waals surface area (Å²) in [5.41, 5.74) is 0.136. The number of fused-ring (bicyclic) bond motifs is 2. The van der Waals surface area contributed by atoms with Crippen LogP contribution in [0.2, 0.25) is 0 Å². The van der Waals surface area contributed by atoms with Gasteiger partial charge in [0.1, 0.15) is 11.9 Å². The summed E-state index contributed by atoms with van der Waals surface area (Å²) < 4.78 is 5.33. The van der Waals surface area contributed by atoms with Crippen LogP contribution in [-0.2, 0) is 0 Å². The van der Waals surface area contributed by atoms with Crippen molar-refractivity contribution < 1.29 is 9.84 Å². The minimum atomic E-state index is -0.746. The van der Waals surface area contributed by atoms with Gasteiger partial charge in [0.05, 0.1) is 18.6 Å². The van der Waals surface area contributed by atoms with Gasteiger partial charge in [-0.1, -0.05) is 24.6 Å². The Morgan fingerprint density at radius 3 is 2.79 bits per heavy atom. The molecular weight excluding hydrogens is 238 g/mol. The largest absolute Gasteiger partial charge is 0.496 e. The van der Waals surface area contributed by atoms with Gasteiger partial charge in [0, 0.05) is 5.56 Å². The molecule has 1 aromatic carbocycles. The van der Waals surface area contributed by atoms with Crippen LogP contribution in [0, 0.1) is 28.6 Å². The normalized spacial score (nSPS) is 33.9. The number of aliphatic hydroxyl groups excluding tert-OH is 1. The second-order valence-corrected chi connectivity index (χ2v) is 5.88. The summed E-state index contributed by atoms with van der Waals surface area (Å²) >= 11 is 0. The molecule has 2 aliphatic rings. The monoisotopic (exact) mass is 257 g/mol. The average molecular weight is 257 g/mol. The van der Waals surface area contributed by atoms with Crippen molar-refractivity contribution in [1.82, 2.24) is 0 Å². The number of benzene rings is 1. The summed E-state index contributed by atoms with van der Waals surface area (Å²) in [5, 5.41) is 20.5. The maximum absolute atomic E-state index is 10.8. The summed E-state index contributed by atoms with van der Waals surface area (Å²) in [6, 6.07) is 9.94. The highest BCUT2D eigenvalue weighted by atomic mass is 16.5. The second-order valence-electron chi connectivity index (χ2n) is 5.88. The zero-order chi connectivity index (χ0) is 13.5. The van der Waals surface area contributed by atoms with Crippen molar-refractivity contribution in [2.75, 3.05) is 7.11 Å². The number of aliphatic hydroxyl groups is 1. The molecule has 3 nitrogen and oxygen atoms in total. The van der Waals surface area contributed by atoms with Crippen molar-refractivity contribution in [3.8, 4) is 11.8 Å². The maximum Gasteiger partial charge on any atom is 0.124 e. The van der Waals surface area contributed by atoms with Crippen molar-refractivity contribution in [2.24, 2.45) is 17.3 Å². The zero-order valence-corrected chi connectivity index (χ0v) is 11.2. The third-order valence-electron chi connectivity index (χ3n) is 5.03. The molecule has 0 saturated heterocycles. The fourth-order valence-corrected chi connectivity index (χ4v) is 4.08. The number of hydrogen-bond acceptors (Lipinski definition) is 3. The first kappa shape index (κ1) is 12.5. The van der Waals surface area contributed by atoms with E-state index in [4.69, 9.17) is 4.74 Å². The fraction of sp³-hybridized carbons (Fsp3) is 0.562. The van der Waals surface area contributed by atoms with Crippen LogP contribution in [0.4, 0.5) is 0 Å². The van der Waals surface area contributed by atoms with Crippen LogP contribution in [0.15, 0.2) is 24.3 Å². The van der Waals surface area contributed by atoms with Crippen LogP contribution in [0.25, 0.3) is 0 Å². The molecule has 0 aliphatic heterocycles. The molecule has 0 aromatic heterocycles. The van der Waals surface area contributed by atoms with E-state index in [1.165, 1.54) is 6.42 Å². The van der Waals surface area contributed by atoms with Gasteiger partial charge in [-0.3, -0.25) is 0 Å². The van der Waals surface area contributed by atoms with Crippen LogP contribution in [0.1, 0.15) is 37.4 Å². The minimum Gasteiger partial charge on any atom is -0.496 e. The van der Waals surface area contributed by atoms with E-state index in [9.17, 15) is 10.4 Å². The van der Waals surface area contributed by atoms with Gasteiger partial charge in [0.2, 0.25) is 0 Å². The van der Waals surface area contributed by atoms with Gasteiger partial charge in [-0.2, -0.15) is 5.26 Å². The molecule has 2 fully saturated rings. The van der Waals surface area contributed by atoms with E-state index >= 15 is 0 Å². The molecule has 0 radical (unpaired) electrons. The van der Waals surface area contributed by atoms with Crippen LogP contribution < -0.4 is 4.74 Å². The summed E-state index contributed by atoms with van der Waals surface area (Å²) in [6.45, 7) is 0. The van der Waals surface area contributed by atoms with Gasteiger partial charge >= 0.3 is 0 Å². The molecule has 2 saturated carbocycles. The van der Waals surface area contributed by atoms with Gasteiger partial charge in [0.15, 0.2) is 0 Å². The van der Waals surface area contributed by atoms with E-state index < -0.39 is 11.5 Å². The Morgan fingerprint density at radius 1 is 1.42 bits per heavy atom. The van der Waals surface area contributed by atoms with E-state index in [2.05, 4.69) is 6.07 Å². The van der Waals surface area contributed by atoms with Crippen LogP contribution in [-0.4, -0.2) is 12.2 Å². The highest BCUT2D eigenvalue weighted by molar-refractivity contribution is 5.38. The average Bonchev–Trinajstić information content (AvgIpc) is 3.07. The van der Waals surface area contributed by atoms with E-state index in [0.717, 1.165) is 24.8 Å². The quantitative estimate of drug-likeness (QED) is 0.905. The highest BCUT2D eigenvalue weighted by Gasteiger charge is 2.56. The molecule has 3 rings (SSSR count). The lowest BCUT2D eigenvalue weighted by Crippen LogP contribution is -2.33. The molecule has 100 valence electrons. The third kappa shape index (κ3) is 1.74. The Hall–Kier alpha value is -1.53. The van der Waals surface area contributed by atoms with Gasteiger partial charge in [-0.25, -0.2) is 0 Å². The Morgan fingerprint density at radius 2 is 2.21 bits per heavy atom. The molecule has 0 amide bonds. The minimum absolute atomic E-state index is 0.336. The number of hydrogen-bond donors (Lipinski definition) is 1. The number of ether oxygens (including phenoxy) is 1. The molecule has 1 aromatic rings. The Kier molecular flexibility index (Phi) is 2.99. The van der Waals surface area contributed by atoms with E-state index in [-0.39, 0.29) is 0 Å². The Bertz CT molecular complexity index is 522. The van der Waals surface area contributed by atoms with Gasteiger partial charge in [-0.05, 0) is 37.2 Å². The highest BCUT2D eigenvalue weighted by Crippen LogP contribution is 2.61. The molecule has 2 bridgehead atoms. The molecule has 19 heavy (non-hydrogen) atoms. The lowest BCUT2D eigenvalue weighted by molar-refractivity contribution is 0.0217. The molecule has 1 N–H and O–H groups in total. The number of nitrogens with zero attached hydrogens (tertiary/aromatic N) is 1. The predicted octanol–water partition coefficient (Wildman–Crippen LogP) is 3.06. The lowest BCUT2D eigenvalue weighted by Gasteiger charge is -2.36. The van der Waals surface area contributed by atoms with Crippen molar-refractivity contribution in [2.45, 2.75) is 31.8 Å². The summed E-state index contributed by atoms with van der Waals surface area (Å²) in [6.07, 6.45) is 3.47. The molecule has 0 spiro atoms. The van der Waals surface area contributed by atoms with Crippen molar-refractivity contribution in [3.05, 3.63) is 29.8 Å². The van der Waals surface area contributed by atoms with Crippen molar-refractivity contribution >= 4 is 0 Å². The van der Waals surface area contributed by atoms with Crippen LogP contribution in [0.3, 0.4) is 0 Å². The maximum atomic E-state index is 10.8. The van der Waals surface area contributed by atoms with Crippen LogP contribution >= 0.6 is 0 Å². The first-order chi connectivity index (χ1) is 9.21. The summed E-state index contributed by atoms with van der Waals surface area (Å²) in [7, 11) is 1.60. The van der Waals surface area contributed by atoms with E-state index in [1.807, 2.05) is 24.3 Å². The topological polar surface area (TPSA) is 53.2 Å². The van der Waals surface area contributed by atoms with E-state index in [1.54, 1.807) is 7.11 Å². The number of para-hydroxylation sites is 1. The Labute approximate surface area is 113 Å². The molecule has 0 heterocycles. The first-order valence-electron chi connectivity index (χ1n) is 6.93. The summed E-state index contributed by atoms with van der Waals surface area (Å²) in [5.74, 6) is 1.63. The molecule has 4 atom stereocenters. The molecule has 4 unspecified atom stereocenters. The third-order valence-corrected chi connectivity index (χ3v) is 5.03. The molecule has 2 aliphatic carbocycles. The fourth-order valence-electron chi connectivity index (χ4n) is 4.08. The first-order valence-corrected chi connectivity index (χ1v) is 6.93. The number of methoxy groups -OCH3 is 1. The zero-order valence-electron chi connectivity index (χ0n) is 11.2. The van der Waals surface area contributed by atoms with Gasteiger partial charge < -0.3 is 9.84 Å². The molecule has 3 heteroatoms. The van der Waals surface area contributed by atoms with Gasteiger partial charge in [0.25, 0.3) is 0 Å². The smallest absolute Gasteiger partial charge is 0.124 e. The standard InChI is InChI=1S/C16H19NO2/c1-19-14-5-3-2-4-13(14)15(18)16(10-17)9-11-6-7-12(16)8-11/h2-5,11-12,15,18H,6-9H2,1H3.